The summed E-state index contributed by atoms with van der Waals surface area (Å²) in [4.78, 5) is 3.45. The molecule has 0 saturated carbocycles. The fraction of sp³-hybridized carbons (Fsp3) is 0.375. The van der Waals surface area contributed by atoms with Crippen molar-refractivity contribution in [2.75, 3.05) is 13.6 Å². The molecule has 2 atom stereocenters. The maximum Gasteiger partial charge on any atom is 0.129 e. The maximum absolute atomic E-state index is 14.1. The predicted octanol–water partition coefficient (Wildman–Crippen LogP) is 4.10. The molecule has 0 saturated heterocycles. The number of likely N-dealkylation sites (N-methyl/N-ethyl adjacent to an activating group) is 1. The number of benzene rings is 1. The number of nitrogens with two attached hydrogens (primary N) is 1. The molecule has 0 aliphatic rings. The highest BCUT2D eigenvalue weighted by Crippen LogP contribution is 2.26. The molecule has 0 bridgehead atoms. The van der Waals surface area contributed by atoms with E-state index in [1.807, 2.05) is 13.1 Å². The van der Waals surface area contributed by atoms with E-state index in [0.29, 0.717) is 17.1 Å². The van der Waals surface area contributed by atoms with Gasteiger partial charge < -0.3 is 5.73 Å². The molecule has 2 aromatic rings. The van der Waals surface area contributed by atoms with Crippen molar-refractivity contribution in [3.63, 3.8) is 0 Å². The van der Waals surface area contributed by atoms with E-state index in [-0.39, 0.29) is 17.9 Å². The Kier molecular flexibility index (Phi) is 5.76. The molecule has 114 valence electrons. The van der Waals surface area contributed by atoms with Crippen LogP contribution in [0.25, 0.3) is 0 Å². The highest BCUT2D eigenvalue weighted by molar-refractivity contribution is 7.09. The van der Waals surface area contributed by atoms with Crippen LogP contribution in [0.3, 0.4) is 0 Å². The van der Waals surface area contributed by atoms with E-state index in [4.69, 9.17) is 17.3 Å². The van der Waals surface area contributed by atoms with E-state index in [9.17, 15) is 4.39 Å². The second kappa shape index (κ2) is 7.36. The molecule has 2 rings (SSSR count). The van der Waals surface area contributed by atoms with Gasteiger partial charge in [0.1, 0.15) is 5.82 Å². The van der Waals surface area contributed by atoms with Crippen LogP contribution in [0.5, 0.6) is 0 Å². The van der Waals surface area contributed by atoms with Gasteiger partial charge in [0, 0.05) is 34.1 Å². The first-order valence-electron chi connectivity index (χ1n) is 6.92. The number of hydrogen-bond donors (Lipinski definition) is 1. The summed E-state index contributed by atoms with van der Waals surface area (Å²) in [5.74, 6) is -0.298. The molecule has 0 aliphatic heterocycles. The predicted molar refractivity (Wildman–Crippen MR) is 88.5 cm³/mol. The second-order valence-electron chi connectivity index (χ2n) is 5.22. The van der Waals surface area contributed by atoms with Crippen LogP contribution in [0.1, 0.15) is 23.4 Å². The Labute approximate surface area is 134 Å². The van der Waals surface area contributed by atoms with Crippen LogP contribution in [0.2, 0.25) is 5.02 Å². The van der Waals surface area contributed by atoms with E-state index in [1.54, 1.807) is 23.5 Å². The van der Waals surface area contributed by atoms with Gasteiger partial charge in [0.05, 0.1) is 0 Å². The van der Waals surface area contributed by atoms with Gasteiger partial charge in [-0.2, -0.15) is 0 Å². The third-order valence-electron chi connectivity index (χ3n) is 3.81. The highest BCUT2D eigenvalue weighted by atomic mass is 35.5. The van der Waals surface area contributed by atoms with Gasteiger partial charge in [-0.25, -0.2) is 4.39 Å². The van der Waals surface area contributed by atoms with Crippen molar-refractivity contribution in [1.29, 1.82) is 0 Å². The summed E-state index contributed by atoms with van der Waals surface area (Å²) in [7, 11) is 1.99. The SMILES string of the molecule is CC(Cc1cccs1)N(C)C(CN)c1ccc(Cl)cc1F. The monoisotopic (exact) mass is 326 g/mol. The molecule has 2 N–H and O–H groups in total. The first-order chi connectivity index (χ1) is 10.0. The third-order valence-corrected chi connectivity index (χ3v) is 4.94. The summed E-state index contributed by atoms with van der Waals surface area (Å²) in [5.41, 5.74) is 6.48. The minimum atomic E-state index is -0.298. The molecular weight excluding hydrogens is 307 g/mol. The zero-order valence-corrected chi connectivity index (χ0v) is 13.8. The third kappa shape index (κ3) is 4.04. The Bertz CT molecular complexity index is 574. The zero-order valence-electron chi connectivity index (χ0n) is 12.2. The van der Waals surface area contributed by atoms with Gasteiger partial charge in [0.25, 0.3) is 0 Å². The molecule has 1 heterocycles. The van der Waals surface area contributed by atoms with Crippen LogP contribution in [-0.2, 0) is 6.42 Å². The van der Waals surface area contributed by atoms with Crippen molar-refractivity contribution in [3.8, 4) is 0 Å². The standard InChI is InChI=1S/C16H20ClFN2S/c1-11(8-13-4-3-7-21-13)20(2)16(10-19)14-6-5-12(17)9-15(14)18/h3-7,9,11,16H,8,10,19H2,1-2H3. The van der Waals surface area contributed by atoms with Crippen molar-refractivity contribution in [2.24, 2.45) is 5.73 Å². The molecule has 0 amide bonds. The summed E-state index contributed by atoms with van der Waals surface area (Å²) in [5, 5.41) is 2.47. The van der Waals surface area contributed by atoms with Crippen LogP contribution < -0.4 is 5.73 Å². The van der Waals surface area contributed by atoms with Crippen molar-refractivity contribution < 1.29 is 4.39 Å². The average Bonchev–Trinajstić information content (AvgIpc) is 2.94. The molecule has 0 aliphatic carbocycles. The fourth-order valence-corrected chi connectivity index (χ4v) is 3.44. The van der Waals surface area contributed by atoms with E-state index in [1.165, 1.54) is 10.9 Å². The number of nitrogens with zero attached hydrogens (tertiary/aromatic N) is 1. The normalized spacial score (nSPS) is 14.4. The molecule has 21 heavy (non-hydrogen) atoms. The van der Waals surface area contributed by atoms with Crippen LogP contribution in [0.4, 0.5) is 4.39 Å². The van der Waals surface area contributed by atoms with Gasteiger partial charge in [-0.3, -0.25) is 4.90 Å². The molecular formula is C16H20ClFN2S. The molecule has 0 radical (unpaired) electrons. The lowest BCUT2D eigenvalue weighted by atomic mass is 10.0. The minimum absolute atomic E-state index is 0.155. The quantitative estimate of drug-likeness (QED) is 0.865. The Morgan fingerprint density at radius 2 is 2.14 bits per heavy atom. The van der Waals surface area contributed by atoms with Gasteiger partial charge >= 0.3 is 0 Å². The van der Waals surface area contributed by atoms with Gasteiger partial charge in [-0.05, 0) is 44.0 Å². The lowest BCUT2D eigenvalue weighted by Crippen LogP contribution is -2.38. The van der Waals surface area contributed by atoms with Gasteiger partial charge in [-0.15, -0.1) is 11.3 Å². The van der Waals surface area contributed by atoms with Gasteiger partial charge in [0.2, 0.25) is 0 Å². The molecule has 1 aromatic carbocycles. The Hall–Kier alpha value is -0.940. The van der Waals surface area contributed by atoms with Crippen molar-refractivity contribution in [3.05, 3.63) is 57.0 Å². The largest absolute Gasteiger partial charge is 0.329 e. The Balaban J connectivity index is 2.15. The first kappa shape index (κ1) is 16.4. The molecule has 0 spiro atoms. The molecule has 0 fully saturated rings. The van der Waals surface area contributed by atoms with Crippen LogP contribution in [-0.4, -0.2) is 24.5 Å². The number of rotatable bonds is 6. The van der Waals surface area contributed by atoms with Crippen molar-refractivity contribution >= 4 is 22.9 Å². The van der Waals surface area contributed by atoms with Gasteiger partial charge in [0.15, 0.2) is 0 Å². The Morgan fingerprint density at radius 3 is 2.71 bits per heavy atom. The molecule has 2 unspecified atom stereocenters. The summed E-state index contributed by atoms with van der Waals surface area (Å²) >= 11 is 7.56. The fourth-order valence-electron chi connectivity index (χ4n) is 2.46. The molecule has 1 aromatic heterocycles. The van der Waals surface area contributed by atoms with E-state index in [2.05, 4.69) is 23.3 Å². The number of thiophene rings is 1. The second-order valence-corrected chi connectivity index (χ2v) is 6.68. The molecule has 5 heteroatoms. The summed E-state index contributed by atoms with van der Waals surface area (Å²) in [6.07, 6.45) is 0.930. The minimum Gasteiger partial charge on any atom is -0.329 e. The van der Waals surface area contributed by atoms with Gasteiger partial charge in [-0.1, -0.05) is 23.7 Å². The zero-order chi connectivity index (χ0) is 15.4. The lowest BCUT2D eigenvalue weighted by molar-refractivity contribution is 0.185. The highest BCUT2D eigenvalue weighted by Gasteiger charge is 2.23. The topological polar surface area (TPSA) is 29.3 Å². The van der Waals surface area contributed by atoms with E-state index < -0.39 is 0 Å². The van der Waals surface area contributed by atoms with Crippen LogP contribution >= 0.6 is 22.9 Å². The Morgan fingerprint density at radius 1 is 1.38 bits per heavy atom. The van der Waals surface area contributed by atoms with Crippen LogP contribution in [0.15, 0.2) is 35.7 Å². The van der Waals surface area contributed by atoms with Crippen LogP contribution in [0, 0.1) is 5.82 Å². The lowest BCUT2D eigenvalue weighted by Gasteiger charge is -2.33. The van der Waals surface area contributed by atoms with Crippen molar-refractivity contribution in [1.82, 2.24) is 4.90 Å². The maximum atomic E-state index is 14.1. The smallest absolute Gasteiger partial charge is 0.129 e. The molecule has 2 nitrogen and oxygen atoms in total. The first-order valence-corrected chi connectivity index (χ1v) is 8.18. The van der Waals surface area contributed by atoms with Crippen molar-refractivity contribution in [2.45, 2.75) is 25.4 Å². The van der Waals surface area contributed by atoms with E-state index >= 15 is 0 Å². The summed E-state index contributed by atoms with van der Waals surface area (Å²) < 4.78 is 14.1. The number of halogens is 2. The van der Waals surface area contributed by atoms with E-state index in [0.717, 1.165) is 6.42 Å². The summed E-state index contributed by atoms with van der Waals surface area (Å²) in [6, 6.07) is 9.06. The summed E-state index contributed by atoms with van der Waals surface area (Å²) in [6.45, 7) is 2.50. The average molecular weight is 327 g/mol. The number of hydrogen-bond acceptors (Lipinski definition) is 3.